The zero-order chi connectivity index (χ0) is 13.2. The fourth-order valence-corrected chi connectivity index (χ4v) is 2.50. The van der Waals surface area contributed by atoms with E-state index in [1.807, 2.05) is 0 Å². The molecule has 7 nitrogen and oxygen atoms in total. The molecule has 1 rings (SSSR count). The quantitative estimate of drug-likeness (QED) is 0.749. The summed E-state index contributed by atoms with van der Waals surface area (Å²) in [6, 6.07) is 2.53. The number of rotatable bonds is 3. The molecule has 0 aliphatic carbocycles. The third kappa shape index (κ3) is 2.64. The lowest BCUT2D eigenvalue weighted by Crippen LogP contribution is -2.30. The largest absolute Gasteiger partial charge is 0.464 e. The Hall–Kier alpha value is -1.83. The van der Waals surface area contributed by atoms with Crippen LogP contribution in [0.5, 0.6) is 0 Å². The van der Waals surface area contributed by atoms with Crippen LogP contribution < -0.4 is 4.72 Å². The molecule has 0 bridgehead atoms. The number of sulfonamides is 1. The number of amides is 1. The molecule has 94 valence electrons. The Morgan fingerprint density at radius 3 is 2.41 bits per heavy atom. The number of nitrogens with zero attached hydrogens (tertiary/aromatic N) is 1. The maximum Gasteiger partial charge on any atom is 0.354 e. The topological polar surface area (TPSA) is 94.5 Å². The average Bonchev–Trinajstić information content (AvgIpc) is 2.57. The number of methoxy groups -OCH3 is 1. The van der Waals surface area contributed by atoms with E-state index in [1.54, 1.807) is 4.72 Å². The van der Waals surface area contributed by atoms with Gasteiger partial charge in [0.15, 0.2) is 5.03 Å². The summed E-state index contributed by atoms with van der Waals surface area (Å²) in [7, 11) is -1.37. The molecule has 0 aliphatic heterocycles. The van der Waals surface area contributed by atoms with E-state index in [-0.39, 0.29) is 10.7 Å². The molecule has 1 aromatic rings. The average molecular weight is 260 g/mol. The maximum atomic E-state index is 11.7. The van der Waals surface area contributed by atoms with Crippen molar-refractivity contribution in [3.05, 3.63) is 17.8 Å². The molecule has 1 amide bonds. The first-order valence-corrected chi connectivity index (χ1v) is 6.05. The number of esters is 1. The molecule has 0 radical (unpaired) electrons. The van der Waals surface area contributed by atoms with Crippen LogP contribution in [0.3, 0.4) is 0 Å². The first-order chi connectivity index (χ1) is 7.79. The second kappa shape index (κ2) is 4.58. The van der Waals surface area contributed by atoms with Crippen LogP contribution >= 0.6 is 0 Å². The molecular formula is C9H12N2O5S. The maximum absolute atomic E-state index is 11.7. The highest BCUT2D eigenvalue weighted by Crippen LogP contribution is 2.13. The highest BCUT2D eigenvalue weighted by atomic mass is 32.2. The minimum absolute atomic E-state index is 0.0800. The Morgan fingerprint density at radius 1 is 1.35 bits per heavy atom. The molecule has 0 aromatic carbocycles. The predicted molar refractivity (Wildman–Crippen MR) is 57.8 cm³/mol. The molecule has 17 heavy (non-hydrogen) atoms. The monoisotopic (exact) mass is 260 g/mol. The van der Waals surface area contributed by atoms with Gasteiger partial charge in [-0.05, 0) is 12.1 Å². The van der Waals surface area contributed by atoms with Crippen molar-refractivity contribution in [2.45, 2.75) is 11.9 Å². The number of carbonyl (C=O) groups is 2. The van der Waals surface area contributed by atoms with Gasteiger partial charge in [-0.1, -0.05) is 0 Å². The molecular weight excluding hydrogens is 248 g/mol. The van der Waals surface area contributed by atoms with Crippen LogP contribution in [0, 0.1) is 0 Å². The second-order valence-corrected chi connectivity index (χ2v) is 4.90. The summed E-state index contributed by atoms with van der Waals surface area (Å²) >= 11 is 0. The van der Waals surface area contributed by atoms with Crippen molar-refractivity contribution >= 4 is 21.9 Å². The fraction of sp³-hybridized carbons (Fsp3) is 0.333. The van der Waals surface area contributed by atoms with Crippen molar-refractivity contribution in [3.63, 3.8) is 0 Å². The van der Waals surface area contributed by atoms with Gasteiger partial charge in [0.1, 0.15) is 5.69 Å². The molecule has 0 unspecified atom stereocenters. The standard InChI is InChI=1S/C9H12N2O5S/c1-6(12)10-17(14,15)8-5-4-7(11(8)2)9(13)16-3/h4-5H,1-3H3,(H,10,12). The van der Waals surface area contributed by atoms with E-state index in [0.717, 1.165) is 11.5 Å². The first kappa shape index (κ1) is 13.2. The molecule has 0 fully saturated rings. The molecule has 1 aromatic heterocycles. The van der Waals surface area contributed by atoms with Gasteiger partial charge >= 0.3 is 5.97 Å². The Morgan fingerprint density at radius 2 is 1.94 bits per heavy atom. The van der Waals surface area contributed by atoms with Crippen LogP contribution in [0.4, 0.5) is 0 Å². The number of nitrogens with one attached hydrogen (secondary N) is 1. The van der Waals surface area contributed by atoms with Crippen molar-refractivity contribution < 1.29 is 22.7 Å². The lowest BCUT2D eigenvalue weighted by molar-refractivity contribution is -0.117. The molecule has 0 atom stereocenters. The minimum Gasteiger partial charge on any atom is -0.464 e. The molecule has 0 aliphatic rings. The van der Waals surface area contributed by atoms with Crippen LogP contribution in [0.25, 0.3) is 0 Å². The van der Waals surface area contributed by atoms with Crippen LogP contribution in [0.1, 0.15) is 17.4 Å². The predicted octanol–water partition coefficient (Wildman–Crippen LogP) is -0.364. The van der Waals surface area contributed by atoms with Crippen LogP contribution in [0.2, 0.25) is 0 Å². The Bertz CT molecular complexity index is 558. The van der Waals surface area contributed by atoms with Gasteiger partial charge in [0.05, 0.1) is 7.11 Å². The van der Waals surface area contributed by atoms with Crippen LogP contribution in [-0.2, 0) is 26.6 Å². The number of aromatic nitrogens is 1. The molecule has 0 saturated heterocycles. The second-order valence-electron chi connectivity index (χ2n) is 3.27. The fourth-order valence-electron chi connectivity index (χ4n) is 1.31. The van der Waals surface area contributed by atoms with Crippen LogP contribution in [0.15, 0.2) is 17.2 Å². The van der Waals surface area contributed by atoms with Gasteiger partial charge in [-0.2, -0.15) is 8.42 Å². The summed E-state index contributed by atoms with van der Waals surface area (Å²) in [5, 5.41) is -0.187. The lowest BCUT2D eigenvalue weighted by atomic mass is 10.4. The number of carbonyl (C=O) groups excluding carboxylic acids is 2. The lowest BCUT2D eigenvalue weighted by Gasteiger charge is -2.07. The Kier molecular flexibility index (Phi) is 3.56. The zero-order valence-electron chi connectivity index (χ0n) is 9.55. The first-order valence-electron chi connectivity index (χ1n) is 4.57. The minimum atomic E-state index is -3.96. The molecule has 1 N–H and O–H groups in total. The molecule has 0 saturated carbocycles. The van der Waals surface area contributed by atoms with E-state index in [1.165, 1.54) is 26.3 Å². The van der Waals surface area contributed by atoms with E-state index in [0.29, 0.717) is 0 Å². The summed E-state index contributed by atoms with van der Waals surface area (Å²) in [5.41, 5.74) is 0.0800. The van der Waals surface area contributed by atoms with Crippen molar-refractivity contribution in [1.29, 1.82) is 0 Å². The smallest absolute Gasteiger partial charge is 0.354 e. The van der Waals surface area contributed by atoms with Gasteiger partial charge in [-0.25, -0.2) is 9.52 Å². The van der Waals surface area contributed by atoms with Crippen molar-refractivity contribution in [2.24, 2.45) is 7.05 Å². The summed E-state index contributed by atoms with van der Waals surface area (Å²) in [6.45, 7) is 1.09. The van der Waals surface area contributed by atoms with E-state index < -0.39 is 21.9 Å². The molecule has 8 heteroatoms. The van der Waals surface area contributed by atoms with Gasteiger partial charge in [0.2, 0.25) is 5.91 Å². The van der Waals surface area contributed by atoms with Crippen molar-refractivity contribution in [3.8, 4) is 0 Å². The summed E-state index contributed by atoms with van der Waals surface area (Å²) < 4.78 is 30.8. The third-order valence-corrected chi connectivity index (χ3v) is 3.54. The SMILES string of the molecule is COC(=O)c1ccc(S(=O)(=O)NC(C)=O)n1C. The van der Waals surface area contributed by atoms with Crippen molar-refractivity contribution in [1.82, 2.24) is 9.29 Å². The van der Waals surface area contributed by atoms with Gasteiger partial charge in [0.25, 0.3) is 10.0 Å². The van der Waals surface area contributed by atoms with Gasteiger partial charge in [0, 0.05) is 14.0 Å². The molecule has 0 spiro atoms. The van der Waals surface area contributed by atoms with Gasteiger partial charge in [-0.15, -0.1) is 0 Å². The Labute approximate surface area is 98.4 Å². The van der Waals surface area contributed by atoms with Gasteiger partial charge in [-0.3, -0.25) is 4.79 Å². The van der Waals surface area contributed by atoms with E-state index in [4.69, 9.17) is 0 Å². The summed E-state index contributed by atoms with van der Waals surface area (Å²) in [4.78, 5) is 22.0. The number of ether oxygens (including phenoxy) is 1. The van der Waals surface area contributed by atoms with E-state index in [2.05, 4.69) is 4.74 Å². The Balaban J connectivity index is 3.22. The summed E-state index contributed by atoms with van der Waals surface area (Å²) in [5.74, 6) is -1.36. The summed E-state index contributed by atoms with van der Waals surface area (Å²) in [6.07, 6.45) is 0. The van der Waals surface area contributed by atoms with Crippen molar-refractivity contribution in [2.75, 3.05) is 7.11 Å². The highest BCUT2D eigenvalue weighted by molar-refractivity contribution is 7.90. The van der Waals surface area contributed by atoms with Crippen LogP contribution in [-0.4, -0.2) is 32.0 Å². The third-order valence-electron chi connectivity index (χ3n) is 2.02. The van der Waals surface area contributed by atoms with E-state index >= 15 is 0 Å². The van der Waals surface area contributed by atoms with E-state index in [9.17, 15) is 18.0 Å². The normalized spacial score (nSPS) is 11.0. The van der Waals surface area contributed by atoms with Gasteiger partial charge < -0.3 is 9.30 Å². The zero-order valence-corrected chi connectivity index (χ0v) is 10.4. The highest BCUT2D eigenvalue weighted by Gasteiger charge is 2.22. The number of hydrogen-bond acceptors (Lipinski definition) is 5. The molecule has 1 heterocycles. The number of hydrogen-bond donors (Lipinski definition) is 1.